The van der Waals surface area contributed by atoms with Crippen molar-refractivity contribution >= 4 is 23.5 Å². The van der Waals surface area contributed by atoms with Gasteiger partial charge in [0.2, 0.25) is 5.91 Å². The molecule has 27 heavy (non-hydrogen) atoms. The van der Waals surface area contributed by atoms with Crippen LogP contribution >= 0.6 is 0 Å². The van der Waals surface area contributed by atoms with Crippen LogP contribution in [-0.4, -0.2) is 42.9 Å². The summed E-state index contributed by atoms with van der Waals surface area (Å²) in [5.74, 6) is -0.970. The number of methoxy groups -OCH3 is 1. The van der Waals surface area contributed by atoms with E-state index in [0.29, 0.717) is 17.7 Å². The molecule has 0 saturated carbocycles. The van der Waals surface area contributed by atoms with Gasteiger partial charge >= 0.3 is 5.97 Å². The summed E-state index contributed by atoms with van der Waals surface area (Å²) in [6, 6.07) is 13.7. The van der Waals surface area contributed by atoms with Crippen LogP contribution in [0.25, 0.3) is 0 Å². The first kappa shape index (κ1) is 20.2. The Morgan fingerprint density at radius 3 is 2.22 bits per heavy atom. The van der Waals surface area contributed by atoms with Gasteiger partial charge in [0.25, 0.3) is 5.91 Å². The van der Waals surface area contributed by atoms with Gasteiger partial charge in [0.15, 0.2) is 0 Å². The van der Waals surface area contributed by atoms with Crippen LogP contribution in [0.3, 0.4) is 0 Å². The molecule has 0 bridgehead atoms. The van der Waals surface area contributed by atoms with Crippen LogP contribution in [0.4, 0.5) is 5.69 Å². The third kappa shape index (κ3) is 5.41. The lowest BCUT2D eigenvalue weighted by molar-refractivity contribution is -0.116. The van der Waals surface area contributed by atoms with Gasteiger partial charge in [-0.15, -0.1) is 0 Å². The molecule has 0 heterocycles. The smallest absolute Gasteiger partial charge is 0.337 e. The molecule has 2 aromatic rings. The molecule has 0 aromatic heterocycles. The molecule has 0 unspecified atom stereocenters. The van der Waals surface area contributed by atoms with E-state index in [1.807, 2.05) is 38.1 Å². The van der Waals surface area contributed by atoms with Crippen molar-refractivity contribution in [2.24, 2.45) is 0 Å². The molecule has 0 aliphatic rings. The second-order valence-corrected chi connectivity index (χ2v) is 6.16. The lowest BCUT2D eigenvalue weighted by atomic mass is 10.1. The van der Waals surface area contributed by atoms with Crippen molar-refractivity contribution < 1.29 is 19.1 Å². The van der Waals surface area contributed by atoms with E-state index in [9.17, 15) is 14.4 Å². The first-order valence-corrected chi connectivity index (χ1v) is 8.79. The Morgan fingerprint density at radius 2 is 1.63 bits per heavy atom. The number of aryl methyl sites for hydroxylation is 1. The van der Waals surface area contributed by atoms with Crippen molar-refractivity contribution in [2.45, 2.75) is 20.3 Å². The van der Waals surface area contributed by atoms with E-state index in [1.54, 1.807) is 12.1 Å². The number of ether oxygens (including phenoxy) is 1. The van der Waals surface area contributed by atoms with E-state index in [0.717, 1.165) is 17.7 Å². The molecular formula is C21H24N2O4. The molecule has 0 atom stereocenters. The minimum absolute atomic E-state index is 0.0419. The number of carbonyl (C=O) groups is 3. The Morgan fingerprint density at radius 1 is 1.00 bits per heavy atom. The molecule has 6 heteroatoms. The maximum absolute atomic E-state index is 12.8. The summed E-state index contributed by atoms with van der Waals surface area (Å²) < 4.78 is 4.65. The fourth-order valence-corrected chi connectivity index (χ4v) is 2.65. The standard InChI is InChI=1S/C21H24N2O4/c1-4-13-23(14-19(24)22-18-8-6-5-7-15(18)2)20(25)16-9-11-17(12-10-16)21(26)27-3/h5-12H,4,13-14H2,1-3H3,(H,22,24). The van der Waals surface area contributed by atoms with Crippen molar-refractivity contribution in [3.63, 3.8) is 0 Å². The number of anilines is 1. The summed E-state index contributed by atoms with van der Waals surface area (Å²) in [5.41, 5.74) is 2.47. The Kier molecular flexibility index (Phi) is 7.11. The fourth-order valence-electron chi connectivity index (χ4n) is 2.65. The largest absolute Gasteiger partial charge is 0.465 e. The zero-order valence-corrected chi connectivity index (χ0v) is 15.8. The normalized spacial score (nSPS) is 10.2. The number of hydrogen-bond acceptors (Lipinski definition) is 4. The van der Waals surface area contributed by atoms with Gasteiger partial charge in [-0.3, -0.25) is 9.59 Å². The van der Waals surface area contributed by atoms with E-state index in [-0.39, 0.29) is 18.4 Å². The zero-order valence-electron chi connectivity index (χ0n) is 15.8. The highest BCUT2D eigenvalue weighted by molar-refractivity contribution is 6.00. The minimum Gasteiger partial charge on any atom is -0.465 e. The van der Waals surface area contributed by atoms with Crippen molar-refractivity contribution in [3.8, 4) is 0 Å². The molecule has 0 fully saturated rings. The Hall–Kier alpha value is -3.15. The second kappa shape index (κ2) is 9.52. The summed E-state index contributed by atoms with van der Waals surface area (Å²) >= 11 is 0. The first-order chi connectivity index (χ1) is 13.0. The molecule has 2 aromatic carbocycles. The van der Waals surface area contributed by atoms with E-state index >= 15 is 0 Å². The van der Waals surface area contributed by atoms with E-state index in [4.69, 9.17) is 0 Å². The third-order valence-electron chi connectivity index (χ3n) is 4.09. The van der Waals surface area contributed by atoms with Crippen molar-refractivity contribution in [2.75, 3.05) is 25.5 Å². The molecule has 142 valence electrons. The maximum atomic E-state index is 12.8. The second-order valence-electron chi connectivity index (χ2n) is 6.16. The van der Waals surface area contributed by atoms with Crippen LogP contribution in [0.15, 0.2) is 48.5 Å². The first-order valence-electron chi connectivity index (χ1n) is 8.79. The van der Waals surface area contributed by atoms with E-state index in [2.05, 4.69) is 10.1 Å². The zero-order chi connectivity index (χ0) is 19.8. The van der Waals surface area contributed by atoms with Crippen LogP contribution in [0.2, 0.25) is 0 Å². The quantitative estimate of drug-likeness (QED) is 0.761. The van der Waals surface area contributed by atoms with Crippen LogP contribution in [-0.2, 0) is 9.53 Å². The Balaban J connectivity index is 2.09. The highest BCUT2D eigenvalue weighted by Gasteiger charge is 2.19. The molecule has 0 radical (unpaired) electrons. The molecule has 0 spiro atoms. The molecule has 2 rings (SSSR count). The average Bonchev–Trinajstić information content (AvgIpc) is 2.68. The molecule has 0 aliphatic heterocycles. The van der Waals surface area contributed by atoms with Gasteiger partial charge in [0.1, 0.15) is 6.54 Å². The third-order valence-corrected chi connectivity index (χ3v) is 4.09. The number of benzene rings is 2. The number of para-hydroxylation sites is 1. The van der Waals surface area contributed by atoms with Gasteiger partial charge in [-0.25, -0.2) is 4.79 Å². The summed E-state index contributed by atoms with van der Waals surface area (Å²) in [6.45, 7) is 4.27. The van der Waals surface area contributed by atoms with Crippen LogP contribution in [0.5, 0.6) is 0 Å². The molecule has 0 aliphatic carbocycles. The Labute approximate surface area is 159 Å². The van der Waals surface area contributed by atoms with Crippen molar-refractivity contribution in [3.05, 3.63) is 65.2 Å². The predicted octanol–water partition coefficient (Wildman–Crippen LogP) is 3.27. The van der Waals surface area contributed by atoms with Gasteiger partial charge in [-0.2, -0.15) is 0 Å². The number of hydrogen-bond donors (Lipinski definition) is 1. The lowest BCUT2D eigenvalue weighted by Gasteiger charge is -2.22. The molecule has 0 saturated heterocycles. The van der Waals surface area contributed by atoms with Crippen LogP contribution in [0, 0.1) is 6.92 Å². The number of esters is 1. The summed E-state index contributed by atoms with van der Waals surface area (Å²) in [6.07, 6.45) is 0.726. The fraction of sp³-hybridized carbons (Fsp3) is 0.286. The maximum Gasteiger partial charge on any atom is 0.337 e. The Bertz CT molecular complexity index is 815. The molecule has 1 N–H and O–H groups in total. The van der Waals surface area contributed by atoms with Gasteiger partial charge in [-0.1, -0.05) is 25.1 Å². The molecular weight excluding hydrogens is 344 g/mol. The summed E-state index contributed by atoms with van der Waals surface area (Å²) in [7, 11) is 1.30. The number of nitrogens with zero attached hydrogens (tertiary/aromatic N) is 1. The van der Waals surface area contributed by atoms with E-state index in [1.165, 1.54) is 24.1 Å². The van der Waals surface area contributed by atoms with Crippen molar-refractivity contribution in [1.29, 1.82) is 0 Å². The van der Waals surface area contributed by atoms with Gasteiger partial charge in [-0.05, 0) is 49.2 Å². The number of rotatable bonds is 7. The lowest BCUT2D eigenvalue weighted by Crippen LogP contribution is -2.38. The van der Waals surface area contributed by atoms with Crippen LogP contribution in [0.1, 0.15) is 39.6 Å². The van der Waals surface area contributed by atoms with Crippen LogP contribution < -0.4 is 5.32 Å². The molecule has 2 amide bonds. The van der Waals surface area contributed by atoms with Gasteiger partial charge in [0.05, 0.1) is 12.7 Å². The SMILES string of the molecule is CCCN(CC(=O)Nc1ccccc1C)C(=O)c1ccc(C(=O)OC)cc1. The predicted molar refractivity (Wildman–Crippen MR) is 104 cm³/mol. The highest BCUT2D eigenvalue weighted by Crippen LogP contribution is 2.14. The van der Waals surface area contributed by atoms with Crippen molar-refractivity contribution in [1.82, 2.24) is 4.90 Å². The summed E-state index contributed by atoms with van der Waals surface area (Å²) in [5, 5.41) is 2.84. The van der Waals surface area contributed by atoms with E-state index < -0.39 is 5.97 Å². The van der Waals surface area contributed by atoms with Gasteiger partial charge in [0, 0.05) is 17.8 Å². The molecule has 6 nitrogen and oxygen atoms in total. The highest BCUT2D eigenvalue weighted by atomic mass is 16.5. The number of nitrogens with one attached hydrogen (secondary N) is 1. The number of carbonyl (C=O) groups excluding carboxylic acids is 3. The summed E-state index contributed by atoms with van der Waals surface area (Å²) in [4.78, 5) is 38.2. The average molecular weight is 368 g/mol. The monoisotopic (exact) mass is 368 g/mol. The topological polar surface area (TPSA) is 75.7 Å². The number of amides is 2. The van der Waals surface area contributed by atoms with Gasteiger partial charge < -0.3 is 15.0 Å². The minimum atomic E-state index is -0.461.